The van der Waals surface area contributed by atoms with Gasteiger partial charge < -0.3 is 20.1 Å². The van der Waals surface area contributed by atoms with Crippen LogP contribution in [-0.2, 0) is 23.2 Å². The third kappa shape index (κ3) is 10.5. The van der Waals surface area contributed by atoms with Gasteiger partial charge in [0.05, 0.1) is 20.5 Å². The summed E-state index contributed by atoms with van der Waals surface area (Å²) in [5.74, 6) is 1.92. The minimum atomic E-state index is -3.67. The maximum Gasteiger partial charge on any atom is 0.261 e. The number of methoxy groups -OCH3 is 2. The van der Waals surface area contributed by atoms with Crippen molar-refractivity contribution in [2.45, 2.75) is 38.8 Å². The highest BCUT2D eigenvalue weighted by molar-refractivity contribution is 7.85. The lowest BCUT2D eigenvalue weighted by atomic mass is 10.1. The predicted octanol–water partition coefficient (Wildman–Crippen LogP) is 5.95. The Hall–Kier alpha value is -3.17. The van der Waals surface area contributed by atoms with Gasteiger partial charge in [0, 0.05) is 24.2 Å². The van der Waals surface area contributed by atoms with Crippen LogP contribution in [0.25, 0.3) is 21.5 Å². The molecule has 0 radical (unpaired) electrons. The van der Waals surface area contributed by atoms with Gasteiger partial charge in [-0.05, 0) is 71.7 Å². The van der Waals surface area contributed by atoms with Gasteiger partial charge in [0.1, 0.15) is 11.5 Å². The normalized spacial score (nSPS) is 11.3. The van der Waals surface area contributed by atoms with Crippen molar-refractivity contribution in [3.8, 4) is 11.5 Å². The van der Waals surface area contributed by atoms with E-state index >= 15 is 0 Å². The highest BCUT2D eigenvalue weighted by atomic mass is 32.2. The molecule has 8 heteroatoms. The molecule has 0 saturated heterocycles. The third-order valence-electron chi connectivity index (χ3n) is 6.39. The number of ether oxygens (including phenoxy) is 2. The second-order valence-electron chi connectivity index (χ2n) is 9.52. The first-order valence-corrected chi connectivity index (χ1v) is 15.1. The van der Waals surface area contributed by atoms with Crippen molar-refractivity contribution in [1.29, 1.82) is 0 Å². The Morgan fingerprint density at radius 1 is 0.641 bits per heavy atom. The molecular weight excluding hydrogens is 512 g/mol. The van der Waals surface area contributed by atoms with Gasteiger partial charge in [0.2, 0.25) is 0 Å². The van der Waals surface area contributed by atoms with Crippen LogP contribution in [0, 0.1) is 0 Å². The molecular formula is C31H40N2O5S. The molecule has 0 bridgehead atoms. The molecule has 4 rings (SSSR count). The fourth-order valence-corrected chi connectivity index (χ4v) is 4.49. The molecule has 0 amide bonds. The topological polar surface area (TPSA) is 96.9 Å². The number of hydrogen-bond donors (Lipinski definition) is 3. The quantitative estimate of drug-likeness (QED) is 0.139. The fourth-order valence-electron chi connectivity index (χ4n) is 4.49. The second-order valence-corrected chi connectivity index (χ2v) is 11.0. The van der Waals surface area contributed by atoms with E-state index in [0.717, 1.165) is 37.7 Å². The summed E-state index contributed by atoms with van der Waals surface area (Å²) in [6.07, 6.45) is 5.57. The van der Waals surface area contributed by atoms with E-state index in [1.807, 2.05) is 0 Å². The molecule has 0 saturated carbocycles. The van der Waals surface area contributed by atoms with E-state index < -0.39 is 10.1 Å². The summed E-state index contributed by atoms with van der Waals surface area (Å²) in [6.45, 7) is 3.72. The lowest BCUT2D eigenvalue weighted by Gasteiger charge is -2.12. The molecule has 0 unspecified atom stereocenters. The molecule has 0 spiro atoms. The Kier molecular flexibility index (Phi) is 12.0. The highest BCUT2D eigenvalue weighted by Gasteiger charge is 2.06. The minimum Gasteiger partial charge on any atom is -0.496 e. The lowest BCUT2D eigenvalue weighted by Crippen LogP contribution is -2.16. The first-order valence-electron chi connectivity index (χ1n) is 13.2. The zero-order valence-electron chi connectivity index (χ0n) is 23.1. The van der Waals surface area contributed by atoms with Crippen LogP contribution in [0.15, 0.2) is 72.8 Å². The molecule has 0 fully saturated rings. The maximum absolute atomic E-state index is 9.19. The van der Waals surface area contributed by atoms with Gasteiger partial charge >= 0.3 is 0 Å². The van der Waals surface area contributed by atoms with E-state index in [4.69, 9.17) is 14.0 Å². The van der Waals surface area contributed by atoms with E-state index in [2.05, 4.69) is 83.4 Å². The summed E-state index contributed by atoms with van der Waals surface area (Å²) < 4.78 is 37.1. The van der Waals surface area contributed by atoms with Crippen LogP contribution in [0.5, 0.6) is 11.5 Å². The van der Waals surface area contributed by atoms with Crippen LogP contribution < -0.4 is 20.1 Å². The zero-order valence-corrected chi connectivity index (χ0v) is 23.9. The van der Waals surface area contributed by atoms with Crippen molar-refractivity contribution in [3.05, 3.63) is 83.9 Å². The van der Waals surface area contributed by atoms with Gasteiger partial charge in [-0.25, -0.2) is 0 Å². The first kappa shape index (κ1) is 30.4. The Morgan fingerprint density at radius 3 is 1.31 bits per heavy atom. The van der Waals surface area contributed by atoms with Gasteiger partial charge in [0.25, 0.3) is 10.1 Å². The van der Waals surface area contributed by atoms with Crippen LogP contribution in [0.4, 0.5) is 0 Å². The van der Waals surface area contributed by atoms with Crippen molar-refractivity contribution in [2.75, 3.05) is 33.6 Å². The smallest absolute Gasteiger partial charge is 0.261 e. The summed E-state index contributed by atoms with van der Waals surface area (Å²) in [5, 5.41) is 12.1. The molecule has 0 atom stereocenters. The number of fused-ring (bicyclic) bond motifs is 2. The molecule has 210 valence electrons. The predicted molar refractivity (Wildman–Crippen MR) is 160 cm³/mol. The number of rotatable bonds is 13. The van der Waals surface area contributed by atoms with Crippen molar-refractivity contribution >= 4 is 31.7 Å². The zero-order chi connectivity index (χ0) is 28.1. The van der Waals surface area contributed by atoms with E-state index in [9.17, 15) is 8.42 Å². The molecule has 0 aliphatic heterocycles. The molecule has 0 aliphatic rings. The van der Waals surface area contributed by atoms with E-state index in [0.29, 0.717) is 6.26 Å². The maximum atomic E-state index is 9.19. The summed E-state index contributed by atoms with van der Waals surface area (Å²) in [5.41, 5.74) is 2.43. The Bertz CT molecular complexity index is 1340. The standard InChI is InChI=1S/C30H36N2O2.CH4O3S/c1-33-29-19-25-13-7-5-11-23(25)17-27(29)21-31-15-9-3-4-10-16-32-22-28-18-24-12-6-8-14-26(24)20-30(28)34-2;1-5(2,3)4/h5-8,11-14,17-20,31-32H,3-4,9-10,15-16,21-22H2,1-2H3;1H3,(H,2,3,4). The molecule has 3 N–H and O–H groups in total. The van der Waals surface area contributed by atoms with Crippen LogP contribution >= 0.6 is 0 Å². The molecule has 0 aromatic heterocycles. The van der Waals surface area contributed by atoms with Gasteiger partial charge in [-0.1, -0.05) is 61.4 Å². The van der Waals surface area contributed by atoms with Gasteiger partial charge in [-0.3, -0.25) is 4.55 Å². The SMILES string of the molecule is COc1cc2ccccc2cc1CNCCCCCCNCc1cc2ccccc2cc1OC.CS(=O)(=O)O. The average molecular weight is 553 g/mol. The van der Waals surface area contributed by atoms with Gasteiger partial charge in [0.15, 0.2) is 0 Å². The van der Waals surface area contributed by atoms with Crippen LogP contribution in [0.3, 0.4) is 0 Å². The number of nitrogens with one attached hydrogen (secondary N) is 2. The summed E-state index contributed by atoms with van der Waals surface area (Å²) >= 11 is 0. The number of hydrogen-bond acceptors (Lipinski definition) is 6. The van der Waals surface area contributed by atoms with Crippen molar-refractivity contribution in [2.24, 2.45) is 0 Å². The molecule has 0 aliphatic carbocycles. The highest BCUT2D eigenvalue weighted by Crippen LogP contribution is 2.27. The first-order chi connectivity index (χ1) is 18.8. The van der Waals surface area contributed by atoms with Crippen LogP contribution in [0.2, 0.25) is 0 Å². The lowest BCUT2D eigenvalue weighted by molar-refractivity contribution is 0.407. The minimum absolute atomic E-state index is 0.715. The van der Waals surface area contributed by atoms with E-state index in [1.165, 1.54) is 58.4 Å². The van der Waals surface area contributed by atoms with Crippen molar-refractivity contribution in [1.82, 2.24) is 10.6 Å². The average Bonchev–Trinajstić information content (AvgIpc) is 2.92. The Balaban J connectivity index is 0.000000771. The fraction of sp³-hybridized carbons (Fsp3) is 0.355. The molecule has 39 heavy (non-hydrogen) atoms. The van der Waals surface area contributed by atoms with Gasteiger partial charge in [-0.2, -0.15) is 8.42 Å². The third-order valence-corrected chi connectivity index (χ3v) is 6.39. The van der Waals surface area contributed by atoms with Crippen molar-refractivity contribution in [3.63, 3.8) is 0 Å². The summed E-state index contributed by atoms with van der Waals surface area (Å²) in [7, 11) is -0.171. The second kappa shape index (κ2) is 15.4. The molecule has 4 aromatic rings. The summed E-state index contributed by atoms with van der Waals surface area (Å²) in [4.78, 5) is 0. The Morgan fingerprint density at radius 2 is 0.974 bits per heavy atom. The Labute approximate surface area is 232 Å². The summed E-state index contributed by atoms with van der Waals surface area (Å²) in [6, 6.07) is 25.6. The number of benzene rings is 4. The van der Waals surface area contributed by atoms with E-state index in [1.54, 1.807) is 14.2 Å². The monoisotopic (exact) mass is 552 g/mol. The van der Waals surface area contributed by atoms with Crippen LogP contribution in [0.1, 0.15) is 36.8 Å². The molecule has 7 nitrogen and oxygen atoms in total. The largest absolute Gasteiger partial charge is 0.496 e. The molecule has 0 heterocycles. The number of unbranched alkanes of at least 4 members (excludes halogenated alkanes) is 3. The van der Waals surface area contributed by atoms with Crippen molar-refractivity contribution < 1.29 is 22.4 Å². The van der Waals surface area contributed by atoms with E-state index in [-0.39, 0.29) is 0 Å². The van der Waals surface area contributed by atoms with Gasteiger partial charge in [-0.15, -0.1) is 0 Å². The molecule has 4 aromatic carbocycles. The van der Waals surface area contributed by atoms with Crippen LogP contribution in [-0.4, -0.2) is 46.5 Å².